The largest absolute Gasteiger partial charge is 0.493 e. The zero-order valence-electron chi connectivity index (χ0n) is 8.13. The van der Waals surface area contributed by atoms with E-state index >= 15 is 0 Å². The quantitative estimate of drug-likeness (QED) is 0.737. The molecule has 1 fully saturated rings. The van der Waals surface area contributed by atoms with Crippen molar-refractivity contribution < 1.29 is 13.9 Å². The second-order valence-electron chi connectivity index (χ2n) is 3.55. The summed E-state index contributed by atoms with van der Waals surface area (Å²) in [5.74, 6) is 1.45. The van der Waals surface area contributed by atoms with Gasteiger partial charge in [-0.1, -0.05) is 0 Å². The van der Waals surface area contributed by atoms with Crippen LogP contribution in [-0.4, -0.2) is 13.7 Å². The van der Waals surface area contributed by atoms with Gasteiger partial charge in [-0.25, -0.2) is 4.39 Å². The van der Waals surface area contributed by atoms with Crippen LogP contribution in [0.3, 0.4) is 0 Å². The molecule has 0 heterocycles. The van der Waals surface area contributed by atoms with E-state index in [2.05, 4.69) is 0 Å². The summed E-state index contributed by atoms with van der Waals surface area (Å²) in [6.45, 7) is 0.666. The van der Waals surface area contributed by atoms with Crippen LogP contribution in [0.1, 0.15) is 12.8 Å². The molecule has 0 N–H and O–H groups in total. The third-order valence-corrected chi connectivity index (χ3v) is 2.30. The summed E-state index contributed by atoms with van der Waals surface area (Å²) in [5.41, 5.74) is 0. The van der Waals surface area contributed by atoms with Crippen LogP contribution in [0, 0.1) is 11.7 Å². The fraction of sp³-hybridized carbons (Fsp3) is 0.455. The SMILES string of the molecule is COc1ccc(F)cc1OCC1CC1. The monoisotopic (exact) mass is 196 g/mol. The molecule has 76 valence electrons. The molecule has 2 rings (SSSR count). The summed E-state index contributed by atoms with van der Waals surface area (Å²) in [6.07, 6.45) is 2.44. The Morgan fingerprint density at radius 2 is 2.14 bits per heavy atom. The van der Waals surface area contributed by atoms with E-state index in [0.717, 1.165) is 0 Å². The van der Waals surface area contributed by atoms with Crippen molar-refractivity contribution in [1.29, 1.82) is 0 Å². The molecule has 0 saturated heterocycles. The first-order chi connectivity index (χ1) is 6.79. The molecule has 0 aromatic heterocycles. The minimum absolute atomic E-state index is 0.295. The molecule has 0 atom stereocenters. The molecule has 1 saturated carbocycles. The van der Waals surface area contributed by atoms with Crippen molar-refractivity contribution in [3.63, 3.8) is 0 Å². The summed E-state index contributed by atoms with van der Waals surface area (Å²) in [6, 6.07) is 4.31. The molecule has 1 aromatic rings. The maximum Gasteiger partial charge on any atom is 0.164 e. The zero-order valence-corrected chi connectivity index (χ0v) is 8.13. The Hall–Kier alpha value is -1.25. The van der Waals surface area contributed by atoms with Crippen LogP contribution in [-0.2, 0) is 0 Å². The normalized spacial score (nSPS) is 15.3. The van der Waals surface area contributed by atoms with Crippen molar-refractivity contribution in [1.82, 2.24) is 0 Å². The van der Waals surface area contributed by atoms with Gasteiger partial charge in [-0.15, -0.1) is 0 Å². The highest BCUT2D eigenvalue weighted by Gasteiger charge is 2.22. The van der Waals surface area contributed by atoms with E-state index in [-0.39, 0.29) is 5.82 Å². The highest BCUT2D eigenvalue weighted by atomic mass is 19.1. The second kappa shape index (κ2) is 3.86. The molecule has 0 bridgehead atoms. The lowest BCUT2D eigenvalue weighted by molar-refractivity contribution is 0.279. The summed E-state index contributed by atoms with van der Waals surface area (Å²) < 4.78 is 23.4. The number of rotatable bonds is 4. The number of halogens is 1. The van der Waals surface area contributed by atoms with Crippen LogP contribution in [0.15, 0.2) is 18.2 Å². The van der Waals surface area contributed by atoms with Crippen LogP contribution in [0.4, 0.5) is 4.39 Å². The Labute approximate surface area is 82.6 Å². The van der Waals surface area contributed by atoms with Crippen molar-refractivity contribution in [3.05, 3.63) is 24.0 Å². The molecule has 3 heteroatoms. The van der Waals surface area contributed by atoms with Crippen LogP contribution in [0.5, 0.6) is 11.5 Å². The average molecular weight is 196 g/mol. The molecule has 2 nitrogen and oxygen atoms in total. The smallest absolute Gasteiger partial charge is 0.164 e. The number of hydrogen-bond acceptors (Lipinski definition) is 2. The maximum atomic E-state index is 12.9. The van der Waals surface area contributed by atoms with Gasteiger partial charge >= 0.3 is 0 Å². The first-order valence-corrected chi connectivity index (χ1v) is 4.76. The Kier molecular flexibility index (Phi) is 2.57. The third-order valence-electron chi connectivity index (χ3n) is 2.30. The molecule has 0 amide bonds. The second-order valence-corrected chi connectivity index (χ2v) is 3.55. The Bertz CT molecular complexity index is 321. The van der Waals surface area contributed by atoms with E-state index in [9.17, 15) is 4.39 Å². The fourth-order valence-corrected chi connectivity index (χ4v) is 1.26. The van der Waals surface area contributed by atoms with E-state index < -0.39 is 0 Å². The molecule has 0 radical (unpaired) electrons. The van der Waals surface area contributed by atoms with E-state index in [4.69, 9.17) is 9.47 Å². The van der Waals surface area contributed by atoms with Gasteiger partial charge in [0.15, 0.2) is 11.5 Å². The van der Waals surface area contributed by atoms with Gasteiger partial charge in [0.1, 0.15) is 5.82 Å². The van der Waals surface area contributed by atoms with Crippen LogP contribution in [0.2, 0.25) is 0 Å². The van der Waals surface area contributed by atoms with Gasteiger partial charge in [-0.05, 0) is 30.9 Å². The zero-order chi connectivity index (χ0) is 9.97. The fourth-order valence-electron chi connectivity index (χ4n) is 1.26. The minimum Gasteiger partial charge on any atom is -0.493 e. The van der Waals surface area contributed by atoms with Gasteiger partial charge in [0, 0.05) is 6.07 Å². The van der Waals surface area contributed by atoms with Gasteiger partial charge in [0.2, 0.25) is 0 Å². The number of methoxy groups -OCH3 is 1. The average Bonchev–Trinajstić information content (AvgIpc) is 2.98. The van der Waals surface area contributed by atoms with Gasteiger partial charge < -0.3 is 9.47 Å². The van der Waals surface area contributed by atoms with E-state index in [0.29, 0.717) is 24.0 Å². The van der Waals surface area contributed by atoms with Crippen molar-refractivity contribution in [2.24, 2.45) is 5.92 Å². The van der Waals surface area contributed by atoms with Crippen molar-refractivity contribution in [3.8, 4) is 11.5 Å². The number of hydrogen-bond donors (Lipinski definition) is 0. The van der Waals surface area contributed by atoms with Crippen molar-refractivity contribution >= 4 is 0 Å². The highest BCUT2D eigenvalue weighted by molar-refractivity contribution is 5.39. The third kappa shape index (κ3) is 2.16. The van der Waals surface area contributed by atoms with Crippen molar-refractivity contribution in [2.75, 3.05) is 13.7 Å². The molecule has 0 aliphatic heterocycles. The van der Waals surface area contributed by atoms with Gasteiger partial charge in [0.25, 0.3) is 0 Å². The van der Waals surface area contributed by atoms with Gasteiger partial charge in [-0.3, -0.25) is 0 Å². The predicted molar refractivity (Wildman–Crippen MR) is 51.2 cm³/mol. The highest BCUT2D eigenvalue weighted by Crippen LogP contribution is 2.32. The van der Waals surface area contributed by atoms with Gasteiger partial charge in [-0.2, -0.15) is 0 Å². The standard InChI is InChI=1S/C11H13FO2/c1-13-10-5-4-9(12)6-11(10)14-7-8-2-3-8/h4-6,8H,2-3,7H2,1H3. The Morgan fingerprint density at radius 1 is 1.36 bits per heavy atom. The predicted octanol–water partition coefficient (Wildman–Crippen LogP) is 2.62. The minimum atomic E-state index is -0.295. The summed E-state index contributed by atoms with van der Waals surface area (Å²) in [7, 11) is 1.55. The summed E-state index contributed by atoms with van der Waals surface area (Å²) >= 11 is 0. The van der Waals surface area contributed by atoms with E-state index in [1.807, 2.05) is 0 Å². The molecule has 1 aromatic carbocycles. The van der Waals surface area contributed by atoms with E-state index in [1.165, 1.54) is 25.0 Å². The first kappa shape index (κ1) is 9.31. The topological polar surface area (TPSA) is 18.5 Å². The lowest BCUT2D eigenvalue weighted by Crippen LogP contribution is -2.01. The molecule has 0 spiro atoms. The van der Waals surface area contributed by atoms with Crippen LogP contribution < -0.4 is 9.47 Å². The van der Waals surface area contributed by atoms with Crippen LogP contribution >= 0.6 is 0 Å². The number of benzene rings is 1. The first-order valence-electron chi connectivity index (χ1n) is 4.76. The summed E-state index contributed by atoms with van der Waals surface area (Å²) in [4.78, 5) is 0. The van der Waals surface area contributed by atoms with Crippen molar-refractivity contribution in [2.45, 2.75) is 12.8 Å². The maximum absolute atomic E-state index is 12.9. The Balaban J connectivity index is 2.07. The lowest BCUT2D eigenvalue weighted by atomic mass is 10.3. The Morgan fingerprint density at radius 3 is 2.79 bits per heavy atom. The molecular formula is C11H13FO2. The lowest BCUT2D eigenvalue weighted by Gasteiger charge is -2.09. The molecule has 1 aliphatic carbocycles. The molecular weight excluding hydrogens is 183 g/mol. The summed E-state index contributed by atoms with van der Waals surface area (Å²) in [5, 5.41) is 0. The van der Waals surface area contributed by atoms with E-state index in [1.54, 1.807) is 13.2 Å². The van der Waals surface area contributed by atoms with Crippen LogP contribution in [0.25, 0.3) is 0 Å². The molecule has 14 heavy (non-hydrogen) atoms. The molecule has 0 unspecified atom stereocenters. The van der Waals surface area contributed by atoms with Gasteiger partial charge in [0.05, 0.1) is 13.7 Å². The molecule has 1 aliphatic rings. The number of ether oxygens (including phenoxy) is 2.